The molecule has 70 valence electrons. The van der Waals surface area contributed by atoms with Crippen LogP contribution < -0.4 is 0 Å². The Balaban J connectivity index is 0.000000720. The van der Waals surface area contributed by atoms with Gasteiger partial charge in [-0.1, -0.05) is 0 Å². The van der Waals surface area contributed by atoms with Gasteiger partial charge in [0.05, 0.1) is 18.2 Å². The Morgan fingerprint density at radius 3 is 2.46 bits per heavy atom. The number of rotatable bonds is 1. The smallest absolute Gasteiger partial charge is 0.0924 e. The van der Waals surface area contributed by atoms with Crippen LogP contribution in [0.1, 0.15) is 0 Å². The maximum absolute atomic E-state index is 3.99. The van der Waals surface area contributed by atoms with Crippen LogP contribution in [0.25, 0.3) is 11.3 Å². The maximum atomic E-state index is 3.99. The second-order valence-corrected chi connectivity index (χ2v) is 2.21. The summed E-state index contributed by atoms with van der Waals surface area (Å²) in [6.07, 6.45) is 6.98. The third-order valence-corrected chi connectivity index (χ3v) is 1.47. The molecule has 0 spiro atoms. The number of H-pyrrole nitrogens is 1. The Kier molecular flexibility index (Phi) is 5.57. The Morgan fingerprint density at radius 1 is 1.08 bits per heavy atom. The fourth-order valence-corrected chi connectivity index (χ4v) is 0.936. The van der Waals surface area contributed by atoms with Crippen LogP contribution >= 0.6 is 34.0 Å². The number of aromatic amines is 1. The highest BCUT2D eigenvalue weighted by Crippen LogP contribution is 2.12. The molecular weight excluding hydrogens is 298 g/mol. The van der Waals surface area contributed by atoms with Crippen molar-refractivity contribution in [2.24, 2.45) is 0 Å². The molecule has 0 aliphatic heterocycles. The highest BCUT2D eigenvalue weighted by Gasteiger charge is 1.94. The minimum atomic E-state index is 0. The van der Waals surface area contributed by atoms with E-state index in [1.165, 1.54) is 0 Å². The van der Waals surface area contributed by atoms with Crippen molar-refractivity contribution in [2.75, 3.05) is 0 Å². The zero-order chi connectivity index (χ0) is 7.52. The van der Waals surface area contributed by atoms with Crippen molar-refractivity contribution in [2.45, 2.75) is 0 Å². The van der Waals surface area contributed by atoms with E-state index in [0.29, 0.717) is 0 Å². The monoisotopic (exact) mass is 305 g/mol. The van der Waals surface area contributed by atoms with Crippen molar-refractivity contribution >= 4 is 34.0 Å². The normalized spacial score (nSPS) is 8.31. The van der Waals surface area contributed by atoms with Gasteiger partial charge in [-0.25, -0.2) is 4.98 Å². The summed E-state index contributed by atoms with van der Waals surface area (Å²) < 4.78 is 0. The molecule has 2 aromatic heterocycles. The third kappa shape index (κ3) is 2.93. The zero-order valence-corrected chi connectivity index (χ0v) is 10.1. The van der Waals surface area contributed by atoms with Crippen molar-refractivity contribution in [3.63, 3.8) is 0 Å². The third-order valence-electron chi connectivity index (χ3n) is 1.47. The molecule has 0 aliphatic carbocycles. The van der Waals surface area contributed by atoms with Crippen molar-refractivity contribution in [3.8, 4) is 11.3 Å². The van der Waals surface area contributed by atoms with E-state index in [4.69, 9.17) is 0 Å². The molecule has 5 heteroatoms. The lowest BCUT2D eigenvalue weighted by atomic mass is 10.2. The van der Waals surface area contributed by atoms with E-state index < -0.39 is 0 Å². The molecule has 1 N–H and O–H groups in total. The van der Waals surface area contributed by atoms with E-state index in [9.17, 15) is 0 Å². The fourth-order valence-electron chi connectivity index (χ4n) is 0.936. The van der Waals surface area contributed by atoms with Crippen LogP contribution in [0.15, 0.2) is 37.1 Å². The summed E-state index contributed by atoms with van der Waals surface area (Å²) in [6, 6.07) is 3.89. The second kappa shape index (κ2) is 5.88. The molecule has 0 radical (unpaired) electrons. The number of hydrogen-bond acceptors (Lipinski definition) is 2. The highest BCUT2D eigenvalue weighted by atomic mass is 79.9. The number of nitrogens with one attached hydrogen (secondary N) is 1. The minimum Gasteiger partial charge on any atom is -0.345 e. The number of nitrogens with zero attached hydrogens (tertiary/aromatic N) is 2. The lowest BCUT2D eigenvalue weighted by Gasteiger charge is -1.92. The predicted molar refractivity (Wildman–Crippen MR) is 62.5 cm³/mol. The molecule has 0 amide bonds. The molecule has 0 fully saturated rings. The standard InChI is InChI=1S/C8H7N3.2BrH/c1-2-7(4-9-3-1)8-5-10-6-11-8;;/h1-6H,(H,10,11);2*1H. The van der Waals surface area contributed by atoms with Gasteiger partial charge in [0.15, 0.2) is 0 Å². The van der Waals surface area contributed by atoms with Gasteiger partial charge in [0, 0.05) is 18.0 Å². The molecule has 3 nitrogen and oxygen atoms in total. The summed E-state index contributed by atoms with van der Waals surface area (Å²) in [5, 5.41) is 0. The summed E-state index contributed by atoms with van der Waals surface area (Å²) in [6.45, 7) is 0. The van der Waals surface area contributed by atoms with Gasteiger partial charge in [0.2, 0.25) is 0 Å². The fraction of sp³-hybridized carbons (Fsp3) is 0. The van der Waals surface area contributed by atoms with Crippen LogP contribution in [0.3, 0.4) is 0 Å². The molecule has 0 unspecified atom stereocenters. The van der Waals surface area contributed by atoms with Gasteiger partial charge in [-0.3, -0.25) is 4.98 Å². The quantitative estimate of drug-likeness (QED) is 0.880. The van der Waals surface area contributed by atoms with Crippen molar-refractivity contribution in [1.29, 1.82) is 0 Å². The molecular formula is C8H9Br2N3. The second-order valence-electron chi connectivity index (χ2n) is 2.21. The topological polar surface area (TPSA) is 41.6 Å². The van der Waals surface area contributed by atoms with Gasteiger partial charge in [-0.2, -0.15) is 0 Å². The summed E-state index contributed by atoms with van der Waals surface area (Å²) in [4.78, 5) is 10.9. The average Bonchev–Trinajstić information content (AvgIpc) is 2.58. The largest absolute Gasteiger partial charge is 0.345 e. The first kappa shape index (κ1) is 12.3. The van der Waals surface area contributed by atoms with E-state index >= 15 is 0 Å². The first-order chi connectivity index (χ1) is 5.47. The van der Waals surface area contributed by atoms with Crippen molar-refractivity contribution < 1.29 is 0 Å². The zero-order valence-electron chi connectivity index (χ0n) is 6.68. The number of aromatic nitrogens is 3. The molecule has 2 aromatic rings. The van der Waals surface area contributed by atoms with Gasteiger partial charge < -0.3 is 4.98 Å². The maximum Gasteiger partial charge on any atom is 0.0924 e. The Labute approximate surface area is 97.2 Å². The summed E-state index contributed by atoms with van der Waals surface area (Å²) in [7, 11) is 0. The minimum absolute atomic E-state index is 0. The molecule has 0 saturated heterocycles. The van der Waals surface area contributed by atoms with Crippen molar-refractivity contribution in [3.05, 3.63) is 37.1 Å². The van der Waals surface area contributed by atoms with Crippen LogP contribution in [0, 0.1) is 0 Å². The van der Waals surface area contributed by atoms with E-state index in [1.807, 2.05) is 12.1 Å². The SMILES string of the molecule is Br.Br.c1cncc(-c2cnc[nH]2)c1. The van der Waals surface area contributed by atoms with Gasteiger partial charge in [0.1, 0.15) is 0 Å². The molecule has 0 saturated carbocycles. The predicted octanol–water partition coefficient (Wildman–Crippen LogP) is 2.63. The molecule has 0 aromatic carbocycles. The average molecular weight is 307 g/mol. The van der Waals surface area contributed by atoms with Crippen LogP contribution in [-0.2, 0) is 0 Å². The van der Waals surface area contributed by atoms with Crippen LogP contribution in [0.2, 0.25) is 0 Å². The summed E-state index contributed by atoms with van der Waals surface area (Å²) in [5.41, 5.74) is 2.06. The number of hydrogen-bond donors (Lipinski definition) is 1. The van der Waals surface area contributed by atoms with E-state index in [-0.39, 0.29) is 34.0 Å². The Bertz CT molecular complexity index is 320. The number of imidazole rings is 1. The van der Waals surface area contributed by atoms with Gasteiger partial charge >= 0.3 is 0 Å². The van der Waals surface area contributed by atoms with Crippen LogP contribution in [0.4, 0.5) is 0 Å². The van der Waals surface area contributed by atoms with Gasteiger partial charge in [0.25, 0.3) is 0 Å². The Hall–Kier alpha value is -0.680. The molecule has 0 atom stereocenters. The van der Waals surface area contributed by atoms with E-state index in [2.05, 4.69) is 15.0 Å². The summed E-state index contributed by atoms with van der Waals surface area (Å²) in [5.74, 6) is 0. The molecule has 0 bridgehead atoms. The van der Waals surface area contributed by atoms with E-state index in [1.54, 1.807) is 24.9 Å². The highest BCUT2D eigenvalue weighted by molar-refractivity contribution is 8.93. The van der Waals surface area contributed by atoms with E-state index in [0.717, 1.165) is 11.3 Å². The van der Waals surface area contributed by atoms with Crippen LogP contribution in [-0.4, -0.2) is 15.0 Å². The van der Waals surface area contributed by atoms with Gasteiger partial charge in [-0.15, -0.1) is 34.0 Å². The lowest BCUT2D eigenvalue weighted by Crippen LogP contribution is -1.76. The van der Waals surface area contributed by atoms with Crippen molar-refractivity contribution in [1.82, 2.24) is 15.0 Å². The lowest BCUT2D eigenvalue weighted by molar-refractivity contribution is 1.29. The van der Waals surface area contributed by atoms with Crippen LogP contribution in [0.5, 0.6) is 0 Å². The molecule has 0 aliphatic rings. The number of pyridine rings is 1. The first-order valence-corrected chi connectivity index (χ1v) is 3.35. The summed E-state index contributed by atoms with van der Waals surface area (Å²) >= 11 is 0. The Morgan fingerprint density at radius 2 is 1.92 bits per heavy atom. The number of halogens is 2. The first-order valence-electron chi connectivity index (χ1n) is 3.35. The molecule has 13 heavy (non-hydrogen) atoms. The molecule has 2 rings (SSSR count). The van der Waals surface area contributed by atoms with Gasteiger partial charge in [-0.05, 0) is 12.1 Å². The molecule has 2 heterocycles.